The molecule has 0 amide bonds. The highest BCUT2D eigenvalue weighted by Crippen LogP contribution is 2.24. The number of hydrogen-bond acceptors (Lipinski definition) is 1. The van der Waals surface area contributed by atoms with Crippen LogP contribution in [0.5, 0.6) is 5.75 Å². The van der Waals surface area contributed by atoms with Crippen LogP contribution < -0.4 is 4.74 Å². The summed E-state index contributed by atoms with van der Waals surface area (Å²) in [4.78, 5) is 0. The SMILES string of the molecule is CC(C)COc1cccc(-c2ccc(C#Cc3ccc(Br)cc3)cc2)c1. The van der Waals surface area contributed by atoms with E-state index in [1.165, 1.54) is 0 Å². The van der Waals surface area contributed by atoms with Crippen LogP contribution in [0.3, 0.4) is 0 Å². The molecular weight excluding hydrogens is 384 g/mol. The fourth-order valence-corrected chi connectivity index (χ4v) is 2.72. The lowest BCUT2D eigenvalue weighted by Crippen LogP contribution is -2.04. The second kappa shape index (κ2) is 8.74. The Labute approximate surface area is 164 Å². The third-order valence-electron chi connectivity index (χ3n) is 3.83. The number of rotatable bonds is 4. The zero-order valence-electron chi connectivity index (χ0n) is 15.0. The predicted molar refractivity (Wildman–Crippen MR) is 112 cm³/mol. The van der Waals surface area contributed by atoms with Gasteiger partial charge in [0.2, 0.25) is 0 Å². The van der Waals surface area contributed by atoms with Crippen LogP contribution in [0.25, 0.3) is 11.1 Å². The molecule has 130 valence electrons. The molecule has 0 aliphatic heterocycles. The Morgan fingerprint density at radius 1 is 0.808 bits per heavy atom. The van der Waals surface area contributed by atoms with E-state index >= 15 is 0 Å². The predicted octanol–water partition coefficient (Wildman–Crippen LogP) is 6.55. The second-order valence-electron chi connectivity index (χ2n) is 6.57. The lowest BCUT2D eigenvalue weighted by molar-refractivity contribution is 0.271. The highest BCUT2D eigenvalue weighted by atomic mass is 79.9. The molecule has 3 aromatic rings. The number of ether oxygens (including phenoxy) is 1. The van der Waals surface area contributed by atoms with Crippen LogP contribution in [0.4, 0.5) is 0 Å². The first kappa shape index (κ1) is 18.3. The van der Waals surface area contributed by atoms with E-state index in [0.717, 1.165) is 39.1 Å². The van der Waals surface area contributed by atoms with Crippen molar-refractivity contribution in [3.05, 3.63) is 88.4 Å². The summed E-state index contributed by atoms with van der Waals surface area (Å²) in [6.07, 6.45) is 0. The summed E-state index contributed by atoms with van der Waals surface area (Å²) in [5.74, 6) is 7.83. The first-order chi connectivity index (χ1) is 12.6. The van der Waals surface area contributed by atoms with Crippen molar-refractivity contribution in [2.45, 2.75) is 13.8 Å². The molecule has 0 N–H and O–H groups in total. The molecule has 0 unspecified atom stereocenters. The zero-order valence-corrected chi connectivity index (χ0v) is 16.6. The van der Waals surface area contributed by atoms with Gasteiger partial charge in [-0.1, -0.05) is 65.9 Å². The molecular formula is C24H21BrO. The van der Waals surface area contributed by atoms with Crippen LogP contribution in [-0.2, 0) is 0 Å². The maximum absolute atomic E-state index is 5.82. The van der Waals surface area contributed by atoms with E-state index in [9.17, 15) is 0 Å². The zero-order chi connectivity index (χ0) is 18.4. The van der Waals surface area contributed by atoms with E-state index in [1.54, 1.807) is 0 Å². The average molecular weight is 405 g/mol. The topological polar surface area (TPSA) is 9.23 Å². The third-order valence-corrected chi connectivity index (χ3v) is 4.36. The smallest absolute Gasteiger partial charge is 0.119 e. The van der Waals surface area contributed by atoms with Crippen LogP contribution in [0, 0.1) is 17.8 Å². The second-order valence-corrected chi connectivity index (χ2v) is 7.48. The monoisotopic (exact) mass is 404 g/mol. The maximum Gasteiger partial charge on any atom is 0.119 e. The molecule has 3 rings (SSSR count). The van der Waals surface area contributed by atoms with Crippen LogP contribution in [0.2, 0.25) is 0 Å². The van der Waals surface area contributed by atoms with E-state index in [2.05, 4.69) is 78.0 Å². The largest absolute Gasteiger partial charge is 0.493 e. The van der Waals surface area contributed by atoms with Gasteiger partial charge in [0.05, 0.1) is 6.61 Å². The number of halogens is 1. The summed E-state index contributed by atoms with van der Waals surface area (Å²) in [5, 5.41) is 0. The first-order valence-electron chi connectivity index (χ1n) is 8.71. The van der Waals surface area contributed by atoms with Gasteiger partial charge in [0, 0.05) is 15.6 Å². The van der Waals surface area contributed by atoms with Gasteiger partial charge >= 0.3 is 0 Å². The van der Waals surface area contributed by atoms with Gasteiger partial charge in [-0.25, -0.2) is 0 Å². The van der Waals surface area contributed by atoms with Crippen LogP contribution in [0.1, 0.15) is 25.0 Å². The van der Waals surface area contributed by atoms with E-state index < -0.39 is 0 Å². The molecule has 0 radical (unpaired) electrons. The van der Waals surface area contributed by atoms with Crippen molar-refractivity contribution in [1.82, 2.24) is 0 Å². The van der Waals surface area contributed by atoms with Crippen molar-refractivity contribution in [3.8, 4) is 28.7 Å². The highest BCUT2D eigenvalue weighted by Gasteiger charge is 2.01. The Morgan fingerprint density at radius 2 is 1.42 bits per heavy atom. The third kappa shape index (κ3) is 5.25. The molecule has 2 heteroatoms. The molecule has 1 nitrogen and oxygen atoms in total. The van der Waals surface area contributed by atoms with Gasteiger partial charge in [-0.3, -0.25) is 0 Å². The Morgan fingerprint density at radius 3 is 2.04 bits per heavy atom. The number of benzene rings is 3. The summed E-state index contributed by atoms with van der Waals surface area (Å²) in [7, 11) is 0. The Bertz CT molecular complexity index is 913. The minimum Gasteiger partial charge on any atom is -0.493 e. The van der Waals surface area contributed by atoms with Crippen LogP contribution in [0.15, 0.2) is 77.3 Å². The lowest BCUT2D eigenvalue weighted by atomic mass is 10.0. The van der Waals surface area contributed by atoms with Gasteiger partial charge in [-0.05, 0) is 65.6 Å². The summed E-state index contributed by atoms with van der Waals surface area (Å²) in [6, 6.07) is 24.6. The Balaban J connectivity index is 1.73. The van der Waals surface area contributed by atoms with Gasteiger partial charge in [0.25, 0.3) is 0 Å². The summed E-state index contributed by atoms with van der Waals surface area (Å²) in [5.41, 5.74) is 4.32. The molecule has 0 bridgehead atoms. The summed E-state index contributed by atoms with van der Waals surface area (Å²) in [6.45, 7) is 5.03. The minimum absolute atomic E-state index is 0.516. The van der Waals surface area contributed by atoms with Crippen molar-refractivity contribution < 1.29 is 4.74 Å². The molecule has 0 aromatic heterocycles. The average Bonchev–Trinajstić information content (AvgIpc) is 2.67. The van der Waals surface area contributed by atoms with Crippen LogP contribution >= 0.6 is 15.9 Å². The van der Waals surface area contributed by atoms with E-state index in [-0.39, 0.29) is 0 Å². The fourth-order valence-electron chi connectivity index (χ4n) is 2.45. The van der Waals surface area contributed by atoms with E-state index in [1.807, 2.05) is 36.4 Å². The summed E-state index contributed by atoms with van der Waals surface area (Å²) < 4.78 is 6.89. The lowest BCUT2D eigenvalue weighted by Gasteiger charge is -2.10. The van der Waals surface area contributed by atoms with E-state index in [4.69, 9.17) is 4.74 Å². The fraction of sp³-hybridized carbons (Fsp3) is 0.167. The highest BCUT2D eigenvalue weighted by molar-refractivity contribution is 9.10. The van der Waals surface area contributed by atoms with Gasteiger partial charge in [-0.2, -0.15) is 0 Å². The van der Waals surface area contributed by atoms with Gasteiger partial charge in [-0.15, -0.1) is 0 Å². The standard InChI is InChI=1S/C24H21BrO/c1-18(2)17-26-24-5-3-4-22(16-24)21-12-8-19(9-13-21)6-7-20-10-14-23(25)15-11-20/h3-5,8-16,18H,17H2,1-2H3. The molecule has 0 spiro atoms. The van der Waals surface area contributed by atoms with Crippen molar-refractivity contribution in [2.75, 3.05) is 6.61 Å². The van der Waals surface area contributed by atoms with Crippen molar-refractivity contribution in [2.24, 2.45) is 5.92 Å². The molecule has 0 atom stereocenters. The van der Waals surface area contributed by atoms with Gasteiger partial charge in [0.15, 0.2) is 0 Å². The molecule has 0 saturated carbocycles. The maximum atomic E-state index is 5.82. The summed E-state index contributed by atoms with van der Waals surface area (Å²) >= 11 is 3.44. The normalized spacial score (nSPS) is 10.3. The molecule has 26 heavy (non-hydrogen) atoms. The minimum atomic E-state index is 0.516. The Hall–Kier alpha value is -2.50. The Kier molecular flexibility index (Phi) is 6.15. The van der Waals surface area contributed by atoms with Crippen molar-refractivity contribution in [3.63, 3.8) is 0 Å². The van der Waals surface area contributed by atoms with Gasteiger partial charge in [0.1, 0.15) is 5.75 Å². The molecule has 0 aliphatic carbocycles. The molecule has 0 heterocycles. The molecule has 3 aromatic carbocycles. The molecule has 0 aliphatic rings. The van der Waals surface area contributed by atoms with Crippen molar-refractivity contribution in [1.29, 1.82) is 0 Å². The van der Waals surface area contributed by atoms with Gasteiger partial charge < -0.3 is 4.74 Å². The van der Waals surface area contributed by atoms with E-state index in [0.29, 0.717) is 5.92 Å². The number of hydrogen-bond donors (Lipinski definition) is 0. The van der Waals surface area contributed by atoms with Crippen LogP contribution in [-0.4, -0.2) is 6.61 Å². The molecule has 0 fully saturated rings. The first-order valence-corrected chi connectivity index (χ1v) is 9.50. The molecule has 0 saturated heterocycles. The van der Waals surface area contributed by atoms with Crippen molar-refractivity contribution >= 4 is 15.9 Å². The quantitative estimate of drug-likeness (QED) is 0.447.